The fourth-order valence-electron chi connectivity index (χ4n) is 1.74. The Morgan fingerprint density at radius 2 is 1.86 bits per heavy atom. The summed E-state index contributed by atoms with van der Waals surface area (Å²) in [5, 5.41) is 19.8. The van der Waals surface area contributed by atoms with Gasteiger partial charge in [0, 0.05) is 17.9 Å². The van der Waals surface area contributed by atoms with Crippen LogP contribution >= 0.6 is 0 Å². The molecule has 2 N–H and O–H groups in total. The summed E-state index contributed by atoms with van der Waals surface area (Å²) < 4.78 is 37.3. The van der Waals surface area contributed by atoms with Crippen molar-refractivity contribution in [3.63, 3.8) is 0 Å². The molecule has 1 aromatic carbocycles. The number of nitrogens with zero attached hydrogens (tertiary/aromatic N) is 1. The van der Waals surface area contributed by atoms with Crippen molar-refractivity contribution in [3.8, 4) is 6.07 Å². The quantitative estimate of drug-likeness (QED) is 0.873. The van der Waals surface area contributed by atoms with E-state index in [2.05, 4.69) is 5.32 Å². The maximum absolute atomic E-state index is 12.4. The van der Waals surface area contributed by atoms with Crippen LogP contribution < -0.4 is 5.32 Å². The summed E-state index contributed by atoms with van der Waals surface area (Å²) >= 11 is 0. The molecule has 118 valence electrons. The Morgan fingerprint density at radius 3 is 2.27 bits per heavy atom. The highest BCUT2D eigenvalue weighted by atomic mass is 19.4. The van der Waals surface area contributed by atoms with Crippen LogP contribution in [0.2, 0.25) is 0 Å². The van der Waals surface area contributed by atoms with Crippen molar-refractivity contribution in [2.75, 3.05) is 0 Å². The first kappa shape index (κ1) is 17.5. The highest BCUT2D eigenvalue weighted by Crippen LogP contribution is 2.29. The van der Waals surface area contributed by atoms with E-state index in [-0.39, 0.29) is 12.0 Å². The predicted molar refractivity (Wildman–Crippen MR) is 69.7 cm³/mol. The standard InChI is InChI=1S/C14H13F3N2O3/c1-8(6-7-18)11(13(21)22)19-12(20)9-2-4-10(5-3-9)14(15,16)17/h2-5,8,11H,6H2,1H3,(H,19,20)(H,21,22)/t8-,11-/m1/s1. The van der Waals surface area contributed by atoms with E-state index in [1.165, 1.54) is 6.92 Å². The van der Waals surface area contributed by atoms with Crippen LogP contribution in [0.15, 0.2) is 24.3 Å². The van der Waals surface area contributed by atoms with E-state index in [9.17, 15) is 22.8 Å². The highest BCUT2D eigenvalue weighted by Gasteiger charge is 2.31. The Morgan fingerprint density at radius 1 is 1.32 bits per heavy atom. The van der Waals surface area contributed by atoms with Crippen molar-refractivity contribution in [2.24, 2.45) is 5.92 Å². The lowest BCUT2D eigenvalue weighted by molar-refractivity contribution is -0.140. The number of carboxylic acid groups (broad SMARTS) is 1. The van der Waals surface area contributed by atoms with Gasteiger partial charge < -0.3 is 10.4 Å². The number of alkyl halides is 3. The minimum Gasteiger partial charge on any atom is -0.480 e. The van der Waals surface area contributed by atoms with E-state index in [0.717, 1.165) is 24.3 Å². The molecule has 0 aliphatic rings. The van der Waals surface area contributed by atoms with Crippen LogP contribution in [0, 0.1) is 17.2 Å². The molecule has 0 radical (unpaired) electrons. The van der Waals surface area contributed by atoms with Crippen LogP contribution in [0.5, 0.6) is 0 Å². The zero-order valence-corrected chi connectivity index (χ0v) is 11.5. The van der Waals surface area contributed by atoms with Crippen molar-refractivity contribution in [2.45, 2.75) is 25.6 Å². The second-order valence-corrected chi connectivity index (χ2v) is 4.70. The maximum atomic E-state index is 12.4. The Kier molecular flexibility index (Phi) is 5.51. The molecule has 1 amide bonds. The lowest BCUT2D eigenvalue weighted by Gasteiger charge is -2.19. The summed E-state index contributed by atoms with van der Waals surface area (Å²) in [6.45, 7) is 1.48. The van der Waals surface area contributed by atoms with Gasteiger partial charge in [-0.05, 0) is 24.3 Å². The second kappa shape index (κ2) is 6.93. The monoisotopic (exact) mass is 314 g/mol. The van der Waals surface area contributed by atoms with Gasteiger partial charge in [-0.15, -0.1) is 0 Å². The van der Waals surface area contributed by atoms with Crippen LogP contribution in [-0.4, -0.2) is 23.0 Å². The molecule has 2 atom stereocenters. The topological polar surface area (TPSA) is 90.2 Å². The molecule has 0 aliphatic heterocycles. The molecular formula is C14H13F3N2O3. The predicted octanol–water partition coefficient (Wildman–Crippen LogP) is 2.44. The van der Waals surface area contributed by atoms with Crippen LogP contribution in [0.25, 0.3) is 0 Å². The third-order valence-electron chi connectivity index (χ3n) is 3.01. The number of carbonyl (C=O) groups is 2. The van der Waals surface area contributed by atoms with Crippen molar-refractivity contribution in [1.29, 1.82) is 5.26 Å². The number of aliphatic carboxylic acids is 1. The smallest absolute Gasteiger partial charge is 0.416 e. The summed E-state index contributed by atoms with van der Waals surface area (Å²) in [5.41, 5.74) is -1.000. The van der Waals surface area contributed by atoms with Crippen molar-refractivity contribution >= 4 is 11.9 Å². The number of amides is 1. The number of nitrogens with one attached hydrogen (secondary N) is 1. The van der Waals surface area contributed by atoms with Crippen LogP contribution in [0.4, 0.5) is 13.2 Å². The Hall–Kier alpha value is -2.56. The third-order valence-corrected chi connectivity index (χ3v) is 3.01. The summed E-state index contributed by atoms with van der Waals surface area (Å²) in [6, 6.07) is 3.91. The van der Waals surface area contributed by atoms with Crippen molar-refractivity contribution in [3.05, 3.63) is 35.4 Å². The molecular weight excluding hydrogens is 301 g/mol. The number of rotatable bonds is 5. The van der Waals surface area contributed by atoms with Crippen LogP contribution in [0.3, 0.4) is 0 Å². The first-order valence-corrected chi connectivity index (χ1v) is 6.24. The minimum absolute atomic E-state index is 0.0791. The minimum atomic E-state index is -4.51. The third kappa shape index (κ3) is 4.48. The molecule has 0 saturated heterocycles. The van der Waals surface area contributed by atoms with Gasteiger partial charge >= 0.3 is 12.1 Å². The number of carbonyl (C=O) groups excluding carboxylic acids is 1. The molecule has 0 bridgehead atoms. The van der Waals surface area contributed by atoms with E-state index < -0.39 is 35.6 Å². The molecule has 1 aromatic rings. The zero-order valence-electron chi connectivity index (χ0n) is 11.5. The molecule has 0 fully saturated rings. The first-order valence-electron chi connectivity index (χ1n) is 6.24. The fraction of sp³-hybridized carbons (Fsp3) is 0.357. The second-order valence-electron chi connectivity index (χ2n) is 4.70. The SMILES string of the molecule is C[C@H](CC#N)[C@@H](NC(=O)c1ccc(C(F)(F)F)cc1)C(=O)O. The van der Waals surface area contributed by atoms with E-state index in [1.54, 1.807) is 6.07 Å². The summed E-state index contributed by atoms with van der Waals surface area (Å²) in [7, 11) is 0. The average Bonchev–Trinajstić information content (AvgIpc) is 2.43. The van der Waals surface area contributed by atoms with E-state index >= 15 is 0 Å². The lowest BCUT2D eigenvalue weighted by atomic mass is 9.98. The van der Waals surface area contributed by atoms with Gasteiger partial charge in [-0.25, -0.2) is 4.79 Å². The van der Waals surface area contributed by atoms with Gasteiger partial charge in [-0.2, -0.15) is 18.4 Å². The van der Waals surface area contributed by atoms with E-state index in [1.807, 2.05) is 0 Å². The lowest BCUT2D eigenvalue weighted by Crippen LogP contribution is -2.45. The van der Waals surface area contributed by atoms with Gasteiger partial charge in [0.25, 0.3) is 5.91 Å². The molecule has 5 nitrogen and oxygen atoms in total. The van der Waals surface area contributed by atoms with Gasteiger partial charge in [-0.3, -0.25) is 4.79 Å². The highest BCUT2D eigenvalue weighted by molar-refractivity contribution is 5.96. The Labute approximate surface area is 124 Å². The number of hydrogen-bond acceptors (Lipinski definition) is 3. The number of benzene rings is 1. The summed E-state index contributed by atoms with van der Waals surface area (Å²) in [4.78, 5) is 23.0. The molecule has 0 aromatic heterocycles. The molecule has 22 heavy (non-hydrogen) atoms. The Balaban J connectivity index is 2.87. The molecule has 1 rings (SSSR count). The maximum Gasteiger partial charge on any atom is 0.416 e. The number of carboxylic acids is 1. The van der Waals surface area contributed by atoms with E-state index in [4.69, 9.17) is 10.4 Å². The van der Waals surface area contributed by atoms with E-state index in [0.29, 0.717) is 0 Å². The van der Waals surface area contributed by atoms with Gasteiger partial charge in [0.2, 0.25) is 0 Å². The molecule has 0 unspecified atom stereocenters. The van der Waals surface area contributed by atoms with Crippen molar-refractivity contribution < 1.29 is 27.9 Å². The molecule has 0 spiro atoms. The molecule has 0 saturated carbocycles. The van der Waals surface area contributed by atoms with Crippen LogP contribution in [-0.2, 0) is 11.0 Å². The summed E-state index contributed by atoms with van der Waals surface area (Å²) in [6.07, 6.45) is -4.59. The Bertz CT molecular complexity index is 591. The summed E-state index contributed by atoms with van der Waals surface area (Å²) in [5.74, 6) is -2.77. The number of halogens is 3. The average molecular weight is 314 g/mol. The normalized spacial score (nSPS) is 13.8. The molecule has 0 aliphatic carbocycles. The molecule has 8 heteroatoms. The van der Waals surface area contributed by atoms with Gasteiger partial charge in [0.1, 0.15) is 6.04 Å². The van der Waals surface area contributed by atoms with Crippen LogP contribution in [0.1, 0.15) is 29.3 Å². The first-order chi connectivity index (χ1) is 10.2. The largest absolute Gasteiger partial charge is 0.480 e. The van der Waals surface area contributed by atoms with Gasteiger partial charge in [-0.1, -0.05) is 6.92 Å². The van der Waals surface area contributed by atoms with Gasteiger partial charge in [0.05, 0.1) is 11.6 Å². The fourth-order valence-corrected chi connectivity index (χ4v) is 1.74. The zero-order chi connectivity index (χ0) is 16.9. The van der Waals surface area contributed by atoms with Gasteiger partial charge in [0.15, 0.2) is 0 Å². The number of hydrogen-bond donors (Lipinski definition) is 2. The van der Waals surface area contributed by atoms with Crippen molar-refractivity contribution in [1.82, 2.24) is 5.32 Å². The molecule has 0 heterocycles. The number of nitriles is 1.